The van der Waals surface area contributed by atoms with E-state index in [9.17, 15) is 9.59 Å². The quantitative estimate of drug-likeness (QED) is 0.779. The molecule has 0 N–H and O–H groups in total. The van der Waals surface area contributed by atoms with Gasteiger partial charge in [-0.2, -0.15) is 0 Å². The first-order valence-electron chi connectivity index (χ1n) is 10.1. The minimum Gasteiger partial charge on any atom is -0.341 e. The number of nitrogens with zero attached hydrogens (tertiary/aromatic N) is 4. The van der Waals surface area contributed by atoms with Gasteiger partial charge in [-0.25, -0.2) is 0 Å². The number of benzene rings is 1. The Bertz CT molecular complexity index is 863. The predicted molar refractivity (Wildman–Crippen MR) is 111 cm³/mol. The maximum absolute atomic E-state index is 13.0. The molecule has 152 valence electrons. The van der Waals surface area contributed by atoms with Crippen LogP contribution in [0, 0.1) is 11.3 Å². The van der Waals surface area contributed by atoms with Crippen LogP contribution < -0.4 is 0 Å². The van der Waals surface area contributed by atoms with Gasteiger partial charge in [0.15, 0.2) is 0 Å². The fraction of sp³-hybridized carbons (Fsp3) is 0.435. The Kier molecular flexibility index (Phi) is 5.37. The molecule has 1 unspecified atom stereocenters. The molecule has 0 radical (unpaired) electrons. The number of rotatable bonds is 5. The van der Waals surface area contributed by atoms with Crippen LogP contribution in [0.1, 0.15) is 15.9 Å². The van der Waals surface area contributed by atoms with Gasteiger partial charge in [-0.3, -0.25) is 14.6 Å². The van der Waals surface area contributed by atoms with Crippen LogP contribution in [0.2, 0.25) is 0 Å². The topological polar surface area (TPSA) is 56.8 Å². The summed E-state index contributed by atoms with van der Waals surface area (Å²) in [5.41, 5.74) is 1.73. The molecule has 1 atom stereocenters. The second-order valence-electron chi connectivity index (χ2n) is 8.66. The maximum atomic E-state index is 13.0. The third kappa shape index (κ3) is 4.03. The van der Waals surface area contributed by atoms with Crippen LogP contribution in [0.5, 0.6) is 0 Å². The van der Waals surface area contributed by atoms with Crippen LogP contribution in [-0.2, 0) is 11.2 Å². The molecule has 29 heavy (non-hydrogen) atoms. The van der Waals surface area contributed by atoms with Crippen LogP contribution in [0.4, 0.5) is 0 Å². The van der Waals surface area contributed by atoms with Gasteiger partial charge in [-0.15, -0.1) is 0 Å². The van der Waals surface area contributed by atoms with Crippen molar-refractivity contribution in [1.82, 2.24) is 19.7 Å². The highest BCUT2D eigenvalue weighted by Crippen LogP contribution is 2.44. The summed E-state index contributed by atoms with van der Waals surface area (Å²) in [6.07, 6.45) is 3.85. The molecular weight excluding hydrogens is 364 g/mol. The summed E-state index contributed by atoms with van der Waals surface area (Å²) in [6, 6.07) is 13.3. The number of hydrogen-bond donors (Lipinski definition) is 0. The van der Waals surface area contributed by atoms with E-state index in [4.69, 9.17) is 0 Å². The van der Waals surface area contributed by atoms with E-state index < -0.39 is 0 Å². The first-order chi connectivity index (χ1) is 14.0. The number of carbonyl (C=O) groups is 2. The van der Waals surface area contributed by atoms with E-state index in [0.717, 1.165) is 43.9 Å². The predicted octanol–water partition coefficient (Wildman–Crippen LogP) is 1.79. The van der Waals surface area contributed by atoms with Crippen LogP contribution >= 0.6 is 0 Å². The van der Waals surface area contributed by atoms with Crippen LogP contribution in [-0.4, -0.2) is 78.3 Å². The smallest absolute Gasteiger partial charge is 0.253 e. The molecule has 6 heteroatoms. The van der Waals surface area contributed by atoms with Crippen molar-refractivity contribution in [2.75, 3.05) is 46.8 Å². The van der Waals surface area contributed by atoms with Crippen LogP contribution in [0.15, 0.2) is 54.9 Å². The molecule has 0 saturated carbocycles. The Hall–Kier alpha value is -2.73. The number of likely N-dealkylation sites (tertiary alicyclic amines) is 2. The number of hydrogen-bond acceptors (Lipinski definition) is 4. The lowest BCUT2D eigenvalue weighted by Gasteiger charge is -2.51. The van der Waals surface area contributed by atoms with Crippen molar-refractivity contribution in [3.05, 3.63) is 66.0 Å². The highest BCUT2D eigenvalue weighted by molar-refractivity contribution is 5.94. The standard InChI is InChI=1S/C23H28N4O2/c1-25(2)13-20-14-26(22(29)19-6-4-3-5-7-19)15-23(20)16-27(17-23)21(28)12-18-8-10-24-11-9-18/h3-11,20H,12-17H2,1-2H3. The zero-order valence-electron chi connectivity index (χ0n) is 17.1. The molecule has 0 bridgehead atoms. The summed E-state index contributed by atoms with van der Waals surface area (Å²) in [5.74, 6) is 0.612. The first kappa shape index (κ1) is 19.6. The Balaban J connectivity index is 1.44. The first-order valence-corrected chi connectivity index (χ1v) is 10.1. The fourth-order valence-corrected chi connectivity index (χ4v) is 4.68. The molecule has 2 aliphatic rings. The van der Waals surface area contributed by atoms with E-state index in [1.165, 1.54) is 0 Å². The summed E-state index contributed by atoms with van der Waals surface area (Å²) in [6.45, 7) is 3.85. The lowest BCUT2D eigenvalue weighted by Crippen LogP contribution is -2.63. The van der Waals surface area contributed by atoms with E-state index in [1.54, 1.807) is 12.4 Å². The monoisotopic (exact) mass is 392 g/mol. The zero-order valence-corrected chi connectivity index (χ0v) is 17.1. The molecule has 2 amide bonds. The summed E-state index contributed by atoms with van der Waals surface area (Å²) in [4.78, 5) is 35.8. The van der Waals surface area contributed by atoms with Crippen molar-refractivity contribution in [3.8, 4) is 0 Å². The molecule has 0 aliphatic carbocycles. The van der Waals surface area contributed by atoms with Crippen LogP contribution in [0.3, 0.4) is 0 Å². The lowest BCUT2D eigenvalue weighted by atomic mass is 9.71. The van der Waals surface area contributed by atoms with Crippen molar-refractivity contribution in [3.63, 3.8) is 0 Å². The molecule has 1 aromatic carbocycles. The van der Waals surface area contributed by atoms with E-state index in [-0.39, 0.29) is 17.2 Å². The summed E-state index contributed by atoms with van der Waals surface area (Å²) in [5, 5.41) is 0. The Morgan fingerprint density at radius 3 is 2.34 bits per heavy atom. The third-order valence-corrected chi connectivity index (χ3v) is 6.17. The maximum Gasteiger partial charge on any atom is 0.253 e. The van der Waals surface area contributed by atoms with Gasteiger partial charge in [0.05, 0.1) is 6.42 Å². The fourth-order valence-electron chi connectivity index (χ4n) is 4.68. The van der Waals surface area contributed by atoms with Crippen molar-refractivity contribution in [1.29, 1.82) is 0 Å². The molecule has 2 aromatic rings. The van der Waals surface area contributed by atoms with Gasteiger partial charge in [0.1, 0.15) is 0 Å². The zero-order chi connectivity index (χ0) is 20.4. The molecule has 2 saturated heterocycles. The van der Waals surface area contributed by atoms with Gasteiger partial charge in [-0.05, 0) is 49.8 Å². The highest BCUT2D eigenvalue weighted by atomic mass is 16.2. The average molecular weight is 393 g/mol. The van der Waals surface area contributed by atoms with Gasteiger partial charge in [0, 0.05) is 56.1 Å². The van der Waals surface area contributed by atoms with E-state index in [1.807, 2.05) is 52.3 Å². The molecule has 1 aromatic heterocycles. The molecular formula is C23H28N4O2. The summed E-state index contributed by atoms with van der Waals surface area (Å²) >= 11 is 0. The van der Waals surface area contributed by atoms with Gasteiger partial charge in [-0.1, -0.05) is 18.2 Å². The molecule has 4 rings (SSSR count). The largest absolute Gasteiger partial charge is 0.341 e. The van der Waals surface area contributed by atoms with E-state index >= 15 is 0 Å². The Morgan fingerprint density at radius 1 is 1.03 bits per heavy atom. The second-order valence-corrected chi connectivity index (χ2v) is 8.66. The highest BCUT2D eigenvalue weighted by Gasteiger charge is 2.56. The number of aromatic nitrogens is 1. The van der Waals surface area contributed by atoms with Crippen molar-refractivity contribution >= 4 is 11.8 Å². The molecule has 6 nitrogen and oxygen atoms in total. The van der Waals surface area contributed by atoms with E-state index in [0.29, 0.717) is 12.3 Å². The number of amides is 2. The summed E-state index contributed by atoms with van der Waals surface area (Å²) in [7, 11) is 4.14. The van der Waals surface area contributed by atoms with Gasteiger partial charge in [0.2, 0.25) is 5.91 Å². The number of carbonyl (C=O) groups excluding carboxylic acids is 2. The molecule has 2 fully saturated rings. The van der Waals surface area contributed by atoms with Crippen molar-refractivity contribution in [2.45, 2.75) is 6.42 Å². The lowest BCUT2D eigenvalue weighted by molar-refractivity contribution is -0.144. The van der Waals surface area contributed by atoms with Crippen LogP contribution in [0.25, 0.3) is 0 Å². The molecule has 3 heterocycles. The number of pyridine rings is 1. The molecule has 1 spiro atoms. The SMILES string of the molecule is CN(C)CC1CN(C(=O)c2ccccc2)CC12CN(C(=O)Cc1ccncc1)C2. The average Bonchev–Trinajstić information content (AvgIpc) is 3.06. The van der Waals surface area contributed by atoms with Crippen molar-refractivity contribution < 1.29 is 9.59 Å². The Labute approximate surface area is 172 Å². The van der Waals surface area contributed by atoms with Crippen molar-refractivity contribution in [2.24, 2.45) is 11.3 Å². The normalized spacial score (nSPS) is 20.2. The van der Waals surface area contributed by atoms with Gasteiger partial charge in [0.25, 0.3) is 5.91 Å². The minimum atomic E-state index is 0.00259. The van der Waals surface area contributed by atoms with Gasteiger partial charge < -0.3 is 14.7 Å². The summed E-state index contributed by atoms with van der Waals surface area (Å²) < 4.78 is 0. The Morgan fingerprint density at radius 2 is 1.69 bits per heavy atom. The third-order valence-electron chi connectivity index (χ3n) is 6.17. The van der Waals surface area contributed by atoms with E-state index in [2.05, 4.69) is 24.0 Å². The second kappa shape index (κ2) is 7.95. The van der Waals surface area contributed by atoms with Gasteiger partial charge >= 0.3 is 0 Å². The minimum absolute atomic E-state index is 0.00259. The molecule has 2 aliphatic heterocycles.